The molecule has 4 aromatic heterocycles. The van der Waals surface area contributed by atoms with Crippen molar-refractivity contribution in [1.82, 2.24) is 30.2 Å². The van der Waals surface area contributed by atoms with E-state index >= 15 is 0 Å². The first-order valence-corrected chi connectivity index (χ1v) is 24.0. The number of likely N-dealkylation sites (tertiary alicyclic amines) is 2. The van der Waals surface area contributed by atoms with E-state index < -0.39 is 23.5 Å². The van der Waals surface area contributed by atoms with E-state index in [-0.39, 0.29) is 69.5 Å². The second kappa shape index (κ2) is 23.1. The van der Waals surface area contributed by atoms with Gasteiger partial charge >= 0.3 is 0 Å². The number of rotatable bonds is 23. The van der Waals surface area contributed by atoms with Crippen molar-refractivity contribution in [2.45, 2.75) is 84.7 Å². The number of piperidine rings is 1. The summed E-state index contributed by atoms with van der Waals surface area (Å²) in [6, 6.07) is 12.8. The molecule has 0 aliphatic carbocycles. The Hall–Kier alpha value is -4.82. The molecule has 2 aliphatic rings. The molecule has 65 heavy (non-hydrogen) atoms. The third-order valence-corrected chi connectivity index (χ3v) is 13.5. The van der Waals surface area contributed by atoms with E-state index in [1.54, 1.807) is 28.9 Å². The number of hydrogen-bond donors (Lipinski definition) is 2. The maximum absolute atomic E-state index is 14.0. The van der Waals surface area contributed by atoms with Crippen LogP contribution in [0.1, 0.15) is 63.5 Å². The van der Waals surface area contributed by atoms with Gasteiger partial charge in [-0.2, -0.15) is 0 Å². The fourth-order valence-electron chi connectivity index (χ4n) is 8.01. The number of ether oxygens (including phenoxy) is 5. The number of aliphatic hydroxyl groups excluding tert-OH is 1. The number of ketones is 1. The molecule has 5 aromatic rings. The monoisotopic (exact) mass is 932 g/mol. The molecule has 16 nitrogen and oxygen atoms in total. The molecule has 2 amide bonds. The summed E-state index contributed by atoms with van der Waals surface area (Å²) in [5, 5.41) is 19.6. The maximum atomic E-state index is 14.0. The number of Topliss-reactive ketones (excluding diaryl/α,β-unsaturated/α-hetero) is 1. The Bertz CT molecular complexity index is 2300. The van der Waals surface area contributed by atoms with Crippen LogP contribution in [-0.4, -0.2) is 132 Å². The molecule has 0 spiro atoms. The predicted octanol–water partition coefficient (Wildman–Crippen LogP) is 6.09. The number of benzene rings is 1. The zero-order valence-electron chi connectivity index (χ0n) is 37.6. The lowest BCUT2D eigenvalue weighted by Gasteiger charge is -2.34. The normalized spacial score (nSPS) is 17.7. The summed E-state index contributed by atoms with van der Waals surface area (Å²) in [6.07, 6.45) is 3.04. The molecule has 2 aliphatic heterocycles. The van der Waals surface area contributed by atoms with Gasteiger partial charge in [0.15, 0.2) is 11.5 Å². The van der Waals surface area contributed by atoms with Crippen LogP contribution in [0, 0.1) is 18.3 Å². The Labute approximate surface area is 387 Å². The Morgan fingerprint density at radius 1 is 0.954 bits per heavy atom. The molecular weight excluding hydrogens is 873 g/mol. The van der Waals surface area contributed by atoms with E-state index in [9.17, 15) is 19.5 Å². The highest BCUT2D eigenvalue weighted by molar-refractivity contribution is 7.17. The van der Waals surface area contributed by atoms with Crippen LogP contribution >= 0.6 is 22.7 Å². The van der Waals surface area contributed by atoms with Crippen molar-refractivity contribution in [1.29, 1.82) is 0 Å². The Morgan fingerprint density at radius 2 is 1.69 bits per heavy atom. The molecule has 0 bridgehead atoms. The highest BCUT2D eigenvalue weighted by Crippen LogP contribution is 2.34. The van der Waals surface area contributed by atoms with Gasteiger partial charge in [-0.3, -0.25) is 24.3 Å². The number of aromatic nitrogens is 3. The second-order valence-electron chi connectivity index (χ2n) is 17.5. The SMILES string of the molecule is Cc1ncsc1-c1ccc(CNC(=O)[C@@H]2C[C@@H](O)CN2C(=O)[C@@H](CC(=O)COCCOCCOCCOc2cc(CN3CCC(Oc4ccnc5ccsc45)CC3)on2)C(C)(C)C)cc1. The van der Waals surface area contributed by atoms with Crippen molar-refractivity contribution in [3.05, 3.63) is 76.6 Å². The van der Waals surface area contributed by atoms with Gasteiger partial charge in [-0.25, -0.2) is 4.98 Å². The molecule has 3 atom stereocenters. The number of hydrogen-bond acceptors (Lipinski definition) is 16. The third kappa shape index (κ3) is 13.6. The molecule has 0 unspecified atom stereocenters. The predicted molar refractivity (Wildman–Crippen MR) is 246 cm³/mol. The summed E-state index contributed by atoms with van der Waals surface area (Å²) in [6.45, 7) is 12.0. The number of thiophene rings is 1. The molecule has 1 aromatic carbocycles. The van der Waals surface area contributed by atoms with Crippen molar-refractivity contribution in [3.8, 4) is 22.1 Å². The molecule has 0 radical (unpaired) electrons. The molecule has 350 valence electrons. The van der Waals surface area contributed by atoms with Crippen LogP contribution in [-0.2, 0) is 41.7 Å². The van der Waals surface area contributed by atoms with E-state index in [0.29, 0.717) is 38.9 Å². The number of nitrogens with one attached hydrogen (secondary N) is 1. The minimum Gasteiger partial charge on any atom is -0.489 e. The van der Waals surface area contributed by atoms with Gasteiger partial charge in [0, 0.05) is 57.2 Å². The van der Waals surface area contributed by atoms with Gasteiger partial charge < -0.3 is 43.5 Å². The van der Waals surface area contributed by atoms with Gasteiger partial charge in [0.25, 0.3) is 5.88 Å². The molecule has 2 N–H and O–H groups in total. The number of carbonyl (C=O) groups excluding carboxylic acids is 3. The minimum absolute atomic E-state index is 0.0265. The highest BCUT2D eigenvalue weighted by Gasteiger charge is 2.44. The van der Waals surface area contributed by atoms with Crippen molar-refractivity contribution in [2.24, 2.45) is 11.3 Å². The van der Waals surface area contributed by atoms with Gasteiger partial charge in [0.05, 0.1) is 72.0 Å². The maximum Gasteiger partial charge on any atom is 0.254 e. The lowest BCUT2D eigenvalue weighted by molar-refractivity contribution is -0.146. The third-order valence-electron chi connectivity index (χ3n) is 11.6. The van der Waals surface area contributed by atoms with Crippen LogP contribution in [0.5, 0.6) is 11.6 Å². The summed E-state index contributed by atoms with van der Waals surface area (Å²) in [4.78, 5) is 54.0. The molecule has 7 rings (SSSR count). The van der Waals surface area contributed by atoms with Gasteiger partial charge in [0.1, 0.15) is 31.1 Å². The molecule has 0 saturated carbocycles. The zero-order valence-corrected chi connectivity index (χ0v) is 39.2. The average molecular weight is 933 g/mol. The number of carbonyl (C=O) groups is 3. The summed E-state index contributed by atoms with van der Waals surface area (Å²) in [5.74, 6) is 0.448. The number of fused-ring (bicyclic) bond motifs is 1. The summed E-state index contributed by atoms with van der Waals surface area (Å²) in [7, 11) is 0. The summed E-state index contributed by atoms with van der Waals surface area (Å²) in [5.41, 5.74) is 5.14. The largest absolute Gasteiger partial charge is 0.489 e. The first kappa shape index (κ1) is 48.1. The quantitative estimate of drug-likeness (QED) is 0.0717. The van der Waals surface area contributed by atoms with Crippen LogP contribution in [0.3, 0.4) is 0 Å². The zero-order chi connectivity index (χ0) is 45.8. The molecular formula is C47H60N6O10S2. The fourth-order valence-corrected chi connectivity index (χ4v) is 9.63. The number of β-amino-alcohol motifs (C(OH)–C–C–N with tert-alkyl or cyclic N) is 1. The van der Waals surface area contributed by atoms with E-state index in [1.807, 2.05) is 81.1 Å². The van der Waals surface area contributed by atoms with Crippen molar-refractivity contribution in [2.75, 3.05) is 65.9 Å². The van der Waals surface area contributed by atoms with Crippen molar-refractivity contribution in [3.63, 3.8) is 0 Å². The average Bonchev–Trinajstić information content (AvgIpc) is 4.13. The summed E-state index contributed by atoms with van der Waals surface area (Å²) >= 11 is 3.23. The first-order valence-electron chi connectivity index (χ1n) is 22.2. The van der Waals surface area contributed by atoms with Crippen LogP contribution in [0.15, 0.2) is 64.1 Å². The standard InChI is InChI=1S/C47H60N6O10S2/c1-31-43(65-30-50-31)33-7-5-32(6-8-33)26-49-45(56)40-24-34(54)27-53(40)46(57)38(47(2,3)4)23-35(55)29-60-19-18-58-16-17-59-20-21-61-42-25-37(63-51-42)28-52-14-10-36(11-15-52)62-41-9-13-48-39-12-22-64-44(39)41/h5-9,12-13,22,25,30,34,36,38,40,54H,10-11,14-21,23-24,26-29H2,1-4H3,(H,49,56)/t34-,38-,40+/m1/s1. The number of amides is 2. The van der Waals surface area contributed by atoms with Crippen LogP contribution in [0.4, 0.5) is 0 Å². The molecule has 2 fully saturated rings. The van der Waals surface area contributed by atoms with Gasteiger partial charge in [-0.05, 0) is 59.0 Å². The van der Waals surface area contributed by atoms with Crippen LogP contribution in [0.2, 0.25) is 0 Å². The van der Waals surface area contributed by atoms with E-state index in [1.165, 1.54) is 4.90 Å². The van der Waals surface area contributed by atoms with Crippen LogP contribution in [0.25, 0.3) is 20.7 Å². The smallest absolute Gasteiger partial charge is 0.254 e. The van der Waals surface area contributed by atoms with Crippen molar-refractivity contribution >= 4 is 50.5 Å². The van der Waals surface area contributed by atoms with Gasteiger partial charge in [0.2, 0.25) is 11.8 Å². The second-order valence-corrected chi connectivity index (χ2v) is 19.3. The number of aliphatic hydroxyl groups is 1. The number of pyridine rings is 1. The number of nitrogens with zero attached hydrogens (tertiary/aromatic N) is 5. The van der Waals surface area contributed by atoms with Gasteiger partial charge in [-0.15, -0.1) is 22.7 Å². The number of thiazole rings is 1. The summed E-state index contributed by atoms with van der Waals surface area (Å²) < 4.78 is 35.4. The topological polar surface area (TPSA) is 188 Å². The highest BCUT2D eigenvalue weighted by atomic mass is 32.1. The minimum atomic E-state index is -0.841. The lowest BCUT2D eigenvalue weighted by atomic mass is 9.77. The Kier molecular flexibility index (Phi) is 17.1. The lowest BCUT2D eigenvalue weighted by Crippen LogP contribution is -2.50. The Balaban J connectivity index is 0.725. The number of aryl methyl sites for hydroxylation is 1. The molecule has 2 saturated heterocycles. The van der Waals surface area contributed by atoms with E-state index in [4.69, 9.17) is 28.2 Å². The van der Waals surface area contributed by atoms with Gasteiger partial charge in [-0.1, -0.05) is 45.0 Å². The fraction of sp³-hybridized carbons (Fsp3) is 0.532. The first-order chi connectivity index (χ1) is 31.4. The van der Waals surface area contributed by atoms with Crippen molar-refractivity contribution < 1.29 is 47.7 Å². The Morgan fingerprint density at radius 3 is 2.42 bits per heavy atom. The molecule has 18 heteroatoms. The van der Waals surface area contributed by atoms with E-state index in [0.717, 1.165) is 69.4 Å². The molecule has 6 heterocycles. The van der Waals surface area contributed by atoms with E-state index in [2.05, 4.69) is 25.3 Å². The van der Waals surface area contributed by atoms with Crippen LogP contribution < -0.4 is 14.8 Å².